The fourth-order valence-electron chi connectivity index (χ4n) is 1.89. The maximum Gasteiger partial charge on any atom is 0.276 e. The molecule has 0 fully saturated rings. The molecule has 0 aliphatic rings. The summed E-state index contributed by atoms with van der Waals surface area (Å²) in [4.78, 5) is 23.3. The minimum Gasteiger partial charge on any atom is -0.322 e. The van der Waals surface area contributed by atoms with Gasteiger partial charge in [-0.25, -0.2) is 4.39 Å². The average molecular weight is 320 g/mol. The molecule has 0 spiro atoms. The summed E-state index contributed by atoms with van der Waals surface area (Å²) in [7, 11) is 0. The fourth-order valence-corrected chi connectivity index (χ4v) is 2.35. The Bertz CT molecular complexity index is 750. The minimum atomic E-state index is -0.780. The summed E-state index contributed by atoms with van der Waals surface area (Å²) in [5.41, 5.74) is -0.0567. The van der Waals surface area contributed by atoms with E-state index in [1.54, 1.807) is 18.2 Å². The first-order valence-corrected chi connectivity index (χ1v) is 7.55. The van der Waals surface area contributed by atoms with Crippen molar-refractivity contribution >= 4 is 29.0 Å². The van der Waals surface area contributed by atoms with Crippen LogP contribution in [-0.2, 0) is 0 Å². The second-order valence-corrected chi connectivity index (χ2v) is 5.43. The normalized spacial score (nSPS) is 10.3. The Morgan fingerprint density at radius 1 is 1.32 bits per heavy atom. The number of hydrogen-bond donors (Lipinski definition) is 1. The zero-order valence-corrected chi connectivity index (χ0v) is 12.7. The summed E-state index contributed by atoms with van der Waals surface area (Å²) < 4.78 is 13.7. The van der Waals surface area contributed by atoms with E-state index in [0.717, 1.165) is 17.0 Å². The Balaban J connectivity index is 2.31. The molecule has 0 atom stereocenters. The first-order valence-electron chi connectivity index (χ1n) is 6.32. The second kappa shape index (κ2) is 6.57. The largest absolute Gasteiger partial charge is 0.322 e. The standard InChI is InChI=1S/C15H13FN2O3S/c1-9-13(16)6-10(7-14(9)18(20)21)15(19)17-11-4-3-5-12(8-11)22-2/h3-8H,1-2H3,(H,17,19). The number of benzene rings is 2. The molecule has 0 aromatic heterocycles. The number of carbonyl (C=O) groups excluding carboxylic acids is 1. The van der Waals surface area contributed by atoms with Gasteiger partial charge in [0.2, 0.25) is 0 Å². The first kappa shape index (κ1) is 16.0. The van der Waals surface area contributed by atoms with E-state index in [2.05, 4.69) is 5.32 Å². The van der Waals surface area contributed by atoms with Gasteiger partial charge in [0.05, 0.1) is 10.5 Å². The highest BCUT2D eigenvalue weighted by Crippen LogP contribution is 2.24. The van der Waals surface area contributed by atoms with Gasteiger partial charge in [-0.05, 0) is 37.4 Å². The van der Waals surface area contributed by atoms with Crippen molar-refractivity contribution in [3.8, 4) is 0 Å². The second-order valence-electron chi connectivity index (χ2n) is 4.55. The zero-order chi connectivity index (χ0) is 16.3. The Hall–Kier alpha value is -2.41. The first-order chi connectivity index (χ1) is 10.4. The van der Waals surface area contributed by atoms with Gasteiger partial charge in [0.15, 0.2) is 0 Å². The molecule has 5 nitrogen and oxygen atoms in total. The van der Waals surface area contributed by atoms with E-state index < -0.39 is 22.3 Å². The van der Waals surface area contributed by atoms with Crippen molar-refractivity contribution in [2.75, 3.05) is 11.6 Å². The van der Waals surface area contributed by atoms with Gasteiger partial charge >= 0.3 is 0 Å². The van der Waals surface area contributed by atoms with Crippen molar-refractivity contribution in [3.05, 3.63) is 63.5 Å². The monoisotopic (exact) mass is 320 g/mol. The predicted molar refractivity (Wildman–Crippen MR) is 84.0 cm³/mol. The van der Waals surface area contributed by atoms with Crippen LogP contribution >= 0.6 is 11.8 Å². The summed E-state index contributed by atoms with van der Waals surface area (Å²) in [6.45, 7) is 1.30. The molecule has 0 bridgehead atoms. The van der Waals surface area contributed by atoms with E-state index in [9.17, 15) is 19.3 Å². The molecule has 0 unspecified atom stereocenters. The molecule has 0 aliphatic heterocycles. The van der Waals surface area contributed by atoms with Gasteiger partial charge in [-0.3, -0.25) is 14.9 Å². The average Bonchev–Trinajstić information content (AvgIpc) is 2.49. The maximum atomic E-state index is 13.7. The van der Waals surface area contributed by atoms with E-state index in [4.69, 9.17) is 0 Å². The van der Waals surface area contributed by atoms with E-state index >= 15 is 0 Å². The van der Waals surface area contributed by atoms with Crippen molar-refractivity contribution in [2.24, 2.45) is 0 Å². The van der Waals surface area contributed by atoms with Crippen molar-refractivity contribution in [2.45, 2.75) is 11.8 Å². The summed E-state index contributed by atoms with van der Waals surface area (Å²) in [5, 5.41) is 13.5. The molecule has 0 aliphatic carbocycles. The Labute approximate surface area is 130 Å². The number of thioether (sulfide) groups is 1. The van der Waals surface area contributed by atoms with Crippen LogP contribution < -0.4 is 5.32 Å². The van der Waals surface area contributed by atoms with Crippen LogP contribution in [0.1, 0.15) is 15.9 Å². The molecule has 2 aromatic rings. The van der Waals surface area contributed by atoms with Crippen LogP contribution in [0.4, 0.5) is 15.8 Å². The van der Waals surface area contributed by atoms with Crippen molar-refractivity contribution in [1.29, 1.82) is 0 Å². The summed E-state index contributed by atoms with van der Waals surface area (Å²) in [6.07, 6.45) is 1.90. The van der Waals surface area contributed by atoms with Crippen LogP contribution in [0.5, 0.6) is 0 Å². The molecular formula is C15H13FN2O3S. The third kappa shape index (κ3) is 3.43. The quantitative estimate of drug-likeness (QED) is 0.525. The molecule has 7 heteroatoms. The minimum absolute atomic E-state index is 0.0917. The number of carbonyl (C=O) groups is 1. The summed E-state index contributed by atoms with van der Waals surface area (Å²) in [5.74, 6) is -1.38. The SMILES string of the molecule is CSc1cccc(NC(=O)c2cc(F)c(C)c([N+](=O)[O-])c2)c1. The van der Waals surface area contributed by atoms with Crippen molar-refractivity contribution < 1.29 is 14.1 Å². The molecular weight excluding hydrogens is 307 g/mol. The zero-order valence-electron chi connectivity index (χ0n) is 11.9. The van der Waals surface area contributed by atoms with Crippen LogP contribution in [-0.4, -0.2) is 17.1 Å². The molecule has 0 radical (unpaired) electrons. The van der Waals surface area contributed by atoms with E-state index in [1.165, 1.54) is 18.7 Å². The number of nitro benzene ring substituents is 1. The van der Waals surface area contributed by atoms with Crippen molar-refractivity contribution in [3.63, 3.8) is 0 Å². The Morgan fingerprint density at radius 3 is 2.68 bits per heavy atom. The van der Waals surface area contributed by atoms with Gasteiger partial charge < -0.3 is 5.32 Å². The number of nitrogens with one attached hydrogen (secondary N) is 1. The van der Waals surface area contributed by atoms with E-state index in [1.807, 2.05) is 12.3 Å². The van der Waals surface area contributed by atoms with Crippen LogP contribution in [0.15, 0.2) is 41.3 Å². The lowest BCUT2D eigenvalue weighted by atomic mass is 10.1. The van der Waals surface area contributed by atoms with Crippen LogP contribution in [0.3, 0.4) is 0 Å². The number of nitrogens with zero attached hydrogens (tertiary/aromatic N) is 1. The third-order valence-electron chi connectivity index (χ3n) is 3.10. The van der Waals surface area contributed by atoms with E-state index in [0.29, 0.717) is 5.69 Å². The molecule has 2 rings (SSSR count). The third-order valence-corrected chi connectivity index (χ3v) is 3.83. The lowest BCUT2D eigenvalue weighted by Crippen LogP contribution is -2.13. The molecule has 22 heavy (non-hydrogen) atoms. The van der Waals surface area contributed by atoms with Gasteiger partial charge in [-0.15, -0.1) is 11.8 Å². The molecule has 1 amide bonds. The predicted octanol–water partition coefficient (Wildman–Crippen LogP) is 4.02. The van der Waals surface area contributed by atoms with Gasteiger partial charge in [0.1, 0.15) is 5.82 Å². The molecule has 2 aromatic carbocycles. The van der Waals surface area contributed by atoms with Crippen LogP contribution in [0.2, 0.25) is 0 Å². The summed E-state index contributed by atoms with van der Waals surface area (Å²) in [6, 6.07) is 9.19. The van der Waals surface area contributed by atoms with Crippen molar-refractivity contribution in [1.82, 2.24) is 0 Å². The topological polar surface area (TPSA) is 72.2 Å². The smallest absolute Gasteiger partial charge is 0.276 e. The lowest BCUT2D eigenvalue weighted by molar-refractivity contribution is -0.385. The number of halogens is 1. The molecule has 0 heterocycles. The molecule has 1 N–H and O–H groups in total. The van der Waals surface area contributed by atoms with Gasteiger partial charge in [-0.1, -0.05) is 6.07 Å². The number of amides is 1. The highest BCUT2D eigenvalue weighted by molar-refractivity contribution is 7.98. The highest BCUT2D eigenvalue weighted by atomic mass is 32.2. The van der Waals surface area contributed by atoms with E-state index in [-0.39, 0.29) is 11.1 Å². The van der Waals surface area contributed by atoms with Crippen LogP contribution in [0.25, 0.3) is 0 Å². The van der Waals surface area contributed by atoms with Gasteiger partial charge in [0.25, 0.3) is 11.6 Å². The van der Waals surface area contributed by atoms with Gasteiger partial charge in [-0.2, -0.15) is 0 Å². The molecule has 114 valence electrons. The number of rotatable bonds is 4. The highest BCUT2D eigenvalue weighted by Gasteiger charge is 2.19. The Morgan fingerprint density at radius 2 is 2.05 bits per heavy atom. The Kier molecular flexibility index (Phi) is 4.77. The molecule has 0 saturated heterocycles. The number of hydrogen-bond acceptors (Lipinski definition) is 4. The van der Waals surface area contributed by atoms with Crippen LogP contribution in [0, 0.1) is 22.9 Å². The van der Waals surface area contributed by atoms with Gasteiger partial charge in [0, 0.05) is 22.2 Å². The number of anilines is 1. The molecule has 0 saturated carbocycles. The maximum absolute atomic E-state index is 13.7. The fraction of sp³-hybridized carbons (Fsp3) is 0.133. The number of nitro groups is 1. The lowest BCUT2D eigenvalue weighted by Gasteiger charge is -2.08. The summed E-state index contributed by atoms with van der Waals surface area (Å²) >= 11 is 1.52.